The number of rotatable bonds is 5. The molecule has 1 atom stereocenters. The second-order valence-corrected chi connectivity index (χ2v) is 5.69. The van der Waals surface area contributed by atoms with Gasteiger partial charge in [0.15, 0.2) is 0 Å². The van der Waals surface area contributed by atoms with E-state index in [1.165, 1.54) is 27.8 Å². The van der Waals surface area contributed by atoms with Gasteiger partial charge < -0.3 is 10.1 Å². The Bertz CT molecular complexity index is 602. The van der Waals surface area contributed by atoms with Crippen LogP contribution >= 0.6 is 0 Å². The highest BCUT2D eigenvalue weighted by molar-refractivity contribution is 5.39. The van der Waals surface area contributed by atoms with Crippen LogP contribution in [0.3, 0.4) is 0 Å². The maximum Gasteiger partial charge on any atom is 0.118 e. The van der Waals surface area contributed by atoms with Crippen LogP contribution in [0, 0.1) is 20.8 Å². The summed E-state index contributed by atoms with van der Waals surface area (Å²) in [7, 11) is 3.73. The van der Waals surface area contributed by atoms with Crippen molar-refractivity contribution in [2.45, 2.75) is 33.2 Å². The van der Waals surface area contributed by atoms with Gasteiger partial charge in [0, 0.05) is 6.04 Å². The third-order valence-electron chi connectivity index (χ3n) is 4.21. The highest BCUT2D eigenvalue weighted by Gasteiger charge is 2.14. The molecule has 0 aliphatic rings. The minimum Gasteiger partial charge on any atom is -0.497 e. The Hall–Kier alpha value is -1.80. The van der Waals surface area contributed by atoms with Gasteiger partial charge in [0.2, 0.25) is 0 Å². The van der Waals surface area contributed by atoms with Crippen LogP contribution in [-0.4, -0.2) is 14.2 Å². The number of hydrogen-bond donors (Lipinski definition) is 1. The van der Waals surface area contributed by atoms with Crippen molar-refractivity contribution in [3.8, 4) is 5.75 Å². The molecule has 112 valence electrons. The fourth-order valence-electron chi connectivity index (χ4n) is 2.72. The molecular formula is C19H25NO. The number of hydrogen-bond acceptors (Lipinski definition) is 2. The minimum absolute atomic E-state index is 0.331. The van der Waals surface area contributed by atoms with Crippen molar-refractivity contribution in [2.75, 3.05) is 14.2 Å². The third kappa shape index (κ3) is 3.64. The Labute approximate surface area is 128 Å². The first-order valence-corrected chi connectivity index (χ1v) is 7.43. The van der Waals surface area contributed by atoms with Crippen molar-refractivity contribution in [3.63, 3.8) is 0 Å². The first kappa shape index (κ1) is 15.6. The van der Waals surface area contributed by atoms with E-state index in [0.29, 0.717) is 6.04 Å². The topological polar surface area (TPSA) is 21.3 Å². The maximum absolute atomic E-state index is 5.22. The first-order chi connectivity index (χ1) is 10.0. The summed E-state index contributed by atoms with van der Waals surface area (Å²) in [5, 5.41) is 3.45. The van der Waals surface area contributed by atoms with E-state index in [9.17, 15) is 0 Å². The van der Waals surface area contributed by atoms with Gasteiger partial charge in [0.05, 0.1) is 7.11 Å². The molecule has 1 N–H and O–H groups in total. The molecule has 2 aromatic rings. The molecule has 2 rings (SSSR count). The Morgan fingerprint density at radius 1 is 0.952 bits per heavy atom. The highest BCUT2D eigenvalue weighted by Crippen LogP contribution is 2.25. The van der Waals surface area contributed by atoms with E-state index in [2.05, 4.69) is 50.4 Å². The van der Waals surface area contributed by atoms with E-state index < -0.39 is 0 Å². The van der Waals surface area contributed by atoms with E-state index >= 15 is 0 Å². The molecule has 0 radical (unpaired) electrons. The summed E-state index contributed by atoms with van der Waals surface area (Å²) < 4.78 is 5.22. The summed E-state index contributed by atoms with van der Waals surface area (Å²) in [6.45, 7) is 6.54. The van der Waals surface area contributed by atoms with Crippen LogP contribution in [0.15, 0.2) is 36.4 Å². The van der Waals surface area contributed by atoms with Crippen LogP contribution in [0.4, 0.5) is 0 Å². The zero-order valence-electron chi connectivity index (χ0n) is 13.7. The van der Waals surface area contributed by atoms with Gasteiger partial charge in [-0.05, 0) is 74.2 Å². The standard InChI is InChI=1S/C19H25NO/c1-13-10-15(3)18(11-14(13)2)19(20-4)12-16-6-8-17(21-5)9-7-16/h6-11,19-20H,12H2,1-5H3. The van der Waals surface area contributed by atoms with Gasteiger partial charge in [-0.15, -0.1) is 0 Å². The molecule has 21 heavy (non-hydrogen) atoms. The zero-order valence-corrected chi connectivity index (χ0v) is 13.7. The van der Waals surface area contributed by atoms with Gasteiger partial charge in [-0.3, -0.25) is 0 Å². The number of ether oxygens (including phenoxy) is 1. The van der Waals surface area contributed by atoms with Crippen LogP contribution in [0.1, 0.15) is 33.9 Å². The summed E-state index contributed by atoms with van der Waals surface area (Å²) in [6.07, 6.45) is 0.976. The van der Waals surface area contributed by atoms with E-state index in [1.54, 1.807) is 7.11 Å². The highest BCUT2D eigenvalue weighted by atomic mass is 16.5. The molecular weight excluding hydrogens is 258 g/mol. The lowest BCUT2D eigenvalue weighted by Gasteiger charge is -2.21. The Kier molecular flexibility index (Phi) is 5.03. The van der Waals surface area contributed by atoms with E-state index in [1.807, 2.05) is 19.2 Å². The van der Waals surface area contributed by atoms with Gasteiger partial charge in [0.1, 0.15) is 5.75 Å². The number of aryl methyl sites for hydroxylation is 3. The van der Waals surface area contributed by atoms with E-state index in [0.717, 1.165) is 12.2 Å². The predicted octanol–water partition coefficient (Wildman–Crippen LogP) is 4.12. The molecule has 0 aliphatic heterocycles. The second kappa shape index (κ2) is 6.77. The molecule has 2 aromatic carbocycles. The van der Waals surface area contributed by atoms with Crippen LogP contribution in [0.2, 0.25) is 0 Å². The third-order valence-corrected chi connectivity index (χ3v) is 4.21. The fourth-order valence-corrected chi connectivity index (χ4v) is 2.72. The predicted molar refractivity (Wildman–Crippen MR) is 89.2 cm³/mol. The number of nitrogens with one attached hydrogen (secondary N) is 1. The van der Waals surface area contributed by atoms with E-state index in [-0.39, 0.29) is 0 Å². The SMILES string of the molecule is CNC(Cc1ccc(OC)cc1)c1cc(C)c(C)cc1C. The lowest BCUT2D eigenvalue weighted by atomic mass is 9.92. The number of methoxy groups -OCH3 is 1. The zero-order chi connectivity index (χ0) is 15.4. The normalized spacial score (nSPS) is 12.2. The molecule has 0 heterocycles. The Morgan fingerprint density at radius 3 is 2.14 bits per heavy atom. The monoisotopic (exact) mass is 283 g/mol. The molecule has 0 bridgehead atoms. The molecule has 2 heteroatoms. The van der Waals surface area contributed by atoms with E-state index in [4.69, 9.17) is 4.74 Å². The largest absolute Gasteiger partial charge is 0.497 e. The molecule has 0 saturated carbocycles. The second-order valence-electron chi connectivity index (χ2n) is 5.69. The number of benzene rings is 2. The molecule has 0 saturated heterocycles. The molecule has 1 unspecified atom stereocenters. The lowest BCUT2D eigenvalue weighted by molar-refractivity contribution is 0.414. The molecule has 0 aliphatic carbocycles. The van der Waals surface area contributed by atoms with Crippen LogP contribution in [0.25, 0.3) is 0 Å². The fraction of sp³-hybridized carbons (Fsp3) is 0.368. The summed E-state index contributed by atoms with van der Waals surface area (Å²) in [5.41, 5.74) is 6.76. The Morgan fingerprint density at radius 2 is 1.57 bits per heavy atom. The van der Waals surface area contributed by atoms with Crippen molar-refractivity contribution >= 4 is 0 Å². The average molecular weight is 283 g/mol. The van der Waals surface area contributed by atoms with Gasteiger partial charge in [-0.2, -0.15) is 0 Å². The summed E-state index contributed by atoms with van der Waals surface area (Å²) >= 11 is 0. The van der Waals surface area contributed by atoms with Gasteiger partial charge >= 0.3 is 0 Å². The van der Waals surface area contributed by atoms with Crippen molar-refractivity contribution in [1.29, 1.82) is 0 Å². The quantitative estimate of drug-likeness (QED) is 0.891. The molecule has 0 spiro atoms. The van der Waals surface area contributed by atoms with Crippen molar-refractivity contribution < 1.29 is 4.74 Å². The first-order valence-electron chi connectivity index (χ1n) is 7.43. The smallest absolute Gasteiger partial charge is 0.118 e. The van der Waals surface area contributed by atoms with Gasteiger partial charge in [0.25, 0.3) is 0 Å². The van der Waals surface area contributed by atoms with Gasteiger partial charge in [-0.1, -0.05) is 24.3 Å². The molecule has 0 fully saturated rings. The average Bonchev–Trinajstić information content (AvgIpc) is 2.49. The molecule has 2 nitrogen and oxygen atoms in total. The number of likely N-dealkylation sites (N-methyl/N-ethyl adjacent to an activating group) is 1. The summed E-state index contributed by atoms with van der Waals surface area (Å²) in [6, 6.07) is 13.2. The van der Waals surface area contributed by atoms with Crippen molar-refractivity contribution in [2.24, 2.45) is 0 Å². The van der Waals surface area contributed by atoms with Crippen LogP contribution in [0.5, 0.6) is 5.75 Å². The summed E-state index contributed by atoms with van der Waals surface area (Å²) in [5.74, 6) is 0.905. The van der Waals surface area contributed by atoms with Crippen molar-refractivity contribution in [3.05, 3.63) is 64.2 Å². The van der Waals surface area contributed by atoms with Crippen LogP contribution < -0.4 is 10.1 Å². The molecule has 0 aromatic heterocycles. The van der Waals surface area contributed by atoms with Crippen molar-refractivity contribution in [1.82, 2.24) is 5.32 Å². The molecule has 0 amide bonds. The van der Waals surface area contributed by atoms with Gasteiger partial charge in [-0.25, -0.2) is 0 Å². The Balaban J connectivity index is 2.25. The summed E-state index contributed by atoms with van der Waals surface area (Å²) in [4.78, 5) is 0. The minimum atomic E-state index is 0.331. The van der Waals surface area contributed by atoms with Crippen LogP contribution in [-0.2, 0) is 6.42 Å². The lowest BCUT2D eigenvalue weighted by Crippen LogP contribution is -2.20. The maximum atomic E-state index is 5.22.